The van der Waals surface area contributed by atoms with Crippen molar-refractivity contribution in [3.63, 3.8) is 0 Å². The van der Waals surface area contributed by atoms with E-state index in [1.807, 2.05) is 11.8 Å². The Morgan fingerprint density at radius 1 is 1.09 bits per heavy atom. The van der Waals surface area contributed by atoms with Crippen LogP contribution in [-0.4, -0.2) is 34.9 Å². The summed E-state index contributed by atoms with van der Waals surface area (Å²) in [6.07, 6.45) is 3.15. The second kappa shape index (κ2) is 10.7. The van der Waals surface area contributed by atoms with Crippen molar-refractivity contribution in [1.29, 1.82) is 0 Å². The Hall–Kier alpha value is -3.53. The topological polar surface area (TPSA) is 117 Å². The molecule has 168 valence electrons. The second-order valence-corrected chi connectivity index (χ2v) is 7.85. The number of nitro benzene ring substituents is 1. The van der Waals surface area contributed by atoms with Gasteiger partial charge in [-0.05, 0) is 61.8 Å². The van der Waals surface area contributed by atoms with Gasteiger partial charge in [-0.1, -0.05) is 13.0 Å². The van der Waals surface area contributed by atoms with E-state index in [-0.39, 0.29) is 22.3 Å². The summed E-state index contributed by atoms with van der Waals surface area (Å²) in [7, 11) is 0. The summed E-state index contributed by atoms with van der Waals surface area (Å²) in [6.45, 7) is 3.45. The number of nitrogens with zero attached hydrogens (tertiary/aromatic N) is 2. The van der Waals surface area contributed by atoms with Crippen LogP contribution >= 0.6 is 12.2 Å². The molecule has 1 aliphatic rings. The fraction of sp³-hybridized carbons (Fsp3) is 0.318. The highest BCUT2D eigenvalue weighted by Gasteiger charge is 2.24. The molecule has 1 fully saturated rings. The molecule has 9 nitrogen and oxygen atoms in total. The molecule has 10 heteroatoms. The molecule has 32 heavy (non-hydrogen) atoms. The van der Waals surface area contributed by atoms with Gasteiger partial charge in [0.15, 0.2) is 5.11 Å². The molecule has 3 rings (SSSR count). The molecule has 3 N–H and O–H groups in total. The Labute approximate surface area is 191 Å². The first-order chi connectivity index (χ1) is 15.4. The van der Waals surface area contributed by atoms with Gasteiger partial charge >= 0.3 is 0 Å². The smallest absolute Gasteiger partial charge is 0.293 e. The van der Waals surface area contributed by atoms with Gasteiger partial charge in [-0.3, -0.25) is 25.0 Å². The number of hydrogen-bond acceptors (Lipinski definition) is 6. The van der Waals surface area contributed by atoms with Crippen LogP contribution in [0.1, 0.15) is 43.0 Å². The first kappa shape index (κ1) is 23.1. The number of benzene rings is 2. The number of amides is 2. The summed E-state index contributed by atoms with van der Waals surface area (Å²) >= 11 is 5.21. The number of carbonyl (C=O) groups excluding carboxylic acids is 2. The minimum Gasteiger partial charge on any atom is -0.366 e. The summed E-state index contributed by atoms with van der Waals surface area (Å²) in [5, 5.41) is 19.8. The maximum absolute atomic E-state index is 12.6. The van der Waals surface area contributed by atoms with Gasteiger partial charge in [0, 0.05) is 42.5 Å². The third kappa shape index (κ3) is 6.01. The van der Waals surface area contributed by atoms with Gasteiger partial charge in [-0.25, -0.2) is 0 Å². The van der Waals surface area contributed by atoms with Gasteiger partial charge in [0.2, 0.25) is 5.91 Å². The number of rotatable bonds is 7. The monoisotopic (exact) mass is 455 g/mol. The Morgan fingerprint density at radius 3 is 2.44 bits per heavy atom. The molecule has 0 radical (unpaired) electrons. The minimum absolute atomic E-state index is 0.0401. The van der Waals surface area contributed by atoms with Crippen molar-refractivity contribution in [3.8, 4) is 0 Å². The van der Waals surface area contributed by atoms with Gasteiger partial charge in [0.1, 0.15) is 5.69 Å². The van der Waals surface area contributed by atoms with E-state index in [4.69, 9.17) is 12.2 Å². The molecule has 0 spiro atoms. The Morgan fingerprint density at radius 2 is 1.78 bits per heavy atom. The van der Waals surface area contributed by atoms with E-state index >= 15 is 0 Å². The lowest BCUT2D eigenvalue weighted by atomic mass is 10.1. The van der Waals surface area contributed by atoms with Gasteiger partial charge in [-0.15, -0.1) is 0 Å². The third-order valence-electron chi connectivity index (χ3n) is 4.99. The van der Waals surface area contributed by atoms with Gasteiger partial charge in [0.05, 0.1) is 4.92 Å². The Bertz CT molecular complexity index is 1040. The normalized spacial score (nSPS) is 12.8. The number of anilines is 3. The SMILES string of the molecule is CCCC(=O)Nc1cccc(NC(=S)NC(=O)c2ccc(N3CCCC3)c([N+](=O)[O-])c2)c1. The zero-order valence-corrected chi connectivity index (χ0v) is 18.5. The van der Waals surface area contributed by atoms with Crippen LogP contribution in [0, 0.1) is 10.1 Å². The molecule has 0 saturated carbocycles. The van der Waals surface area contributed by atoms with Crippen LogP contribution < -0.4 is 20.9 Å². The first-order valence-electron chi connectivity index (χ1n) is 10.4. The average Bonchev–Trinajstić information content (AvgIpc) is 3.28. The summed E-state index contributed by atoms with van der Waals surface area (Å²) in [4.78, 5) is 37.4. The molecule has 1 saturated heterocycles. The molecular formula is C22H25N5O4S. The lowest BCUT2D eigenvalue weighted by Crippen LogP contribution is -2.34. The summed E-state index contributed by atoms with van der Waals surface area (Å²) in [5.74, 6) is -0.634. The van der Waals surface area contributed by atoms with Gasteiger partial charge in [0.25, 0.3) is 11.6 Å². The van der Waals surface area contributed by atoms with Crippen LogP contribution in [0.3, 0.4) is 0 Å². The van der Waals surface area contributed by atoms with E-state index < -0.39 is 10.8 Å². The van der Waals surface area contributed by atoms with E-state index in [9.17, 15) is 19.7 Å². The van der Waals surface area contributed by atoms with Crippen molar-refractivity contribution < 1.29 is 14.5 Å². The molecule has 1 aliphatic heterocycles. The van der Waals surface area contributed by atoms with E-state index in [2.05, 4.69) is 16.0 Å². The van der Waals surface area contributed by atoms with Crippen molar-refractivity contribution in [1.82, 2.24) is 5.32 Å². The van der Waals surface area contributed by atoms with Crippen LogP contribution in [-0.2, 0) is 4.79 Å². The molecular weight excluding hydrogens is 430 g/mol. The maximum atomic E-state index is 12.6. The third-order valence-corrected chi connectivity index (χ3v) is 5.19. The average molecular weight is 456 g/mol. The van der Waals surface area contributed by atoms with Crippen molar-refractivity contribution >= 4 is 51.9 Å². The standard InChI is InChI=1S/C22H25N5O4S/c1-2-6-20(28)23-16-7-5-8-17(14-16)24-22(32)25-21(29)15-9-10-18(19(13-15)27(30)31)26-11-3-4-12-26/h5,7-10,13-14H,2-4,6,11-12H2,1H3,(H,23,28)(H2,24,25,29,32). The molecule has 1 heterocycles. The van der Waals surface area contributed by atoms with Crippen LogP contribution in [0.25, 0.3) is 0 Å². The van der Waals surface area contributed by atoms with E-state index in [0.717, 1.165) is 32.4 Å². The van der Waals surface area contributed by atoms with Crippen molar-refractivity contribution in [2.24, 2.45) is 0 Å². The van der Waals surface area contributed by atoms with Crippen LogP contribution in [0.4, 0.5) is 22.7 Å². The molecule has 2 amide bonds. The summed E-state index contributed by atoms with van der Waals surface area (Å²) in [5.41, 5.74) is 1.75. The molecule has 2 aromatic rings. The van der Waals surface area contributed by atoms with Crippen molar-refractivity contribution in [2.75, 3.05) is 28.6 Å². The lowest BCUT2D eigenvalue weighted by Gasteiger charge is -2.18. The van der Waals surface area contributed by atoms with Crippen LogP contribution in [0.5, 0.6) is 0 Å². The lowest BCUT2D eigenvalue weighted by molar-refractivity contribution is -0.384. The Balaban J connectivity index is 1.65. The largest absolute Gasteiger partial charge is 0.366 e. The second-order valence-electron chi connectivity index (χ2n) is 7.44. The number of thiocarbonyl (C=S) groups is 1. The number of hydrogen-bond donors (Lipinski definition) is 3. The highest BCUT2D eigenvalue weighted by molar-refractivity contribution is 7.80. The van der Waals surface area contributed by atoms with E-state index in [1.54, 1.807) is 36.4 Å². The fourth-order valence-corrected chi connectivity index (χ4v) is 3.71. The summed E-state index contributed by atoms with van der Waals surface area (Å²) < 4.78 is 0. The van der Waals surface area contributed by atoms with Crippen LogP contribution in [0.2, 0.25) is 0 Å². The zero-order valence-electron chi connectivity index (χ0n) is 17.7. The minimum atomic E-state index is -0.550. The Kier molecular flexibility index (Phi) is 7.72. The quantitative estimate of drug-likeness (QED) is 0.327. The molecule has 0 aromatic heterocycles. The number of carbonyl (C=O) groups is 2. The molecule has 0 unspecified atom stereocenters. The maximum Gasteiger partial charge on any atom is 0.293 e. The number of nitro groups is 1. The summed E-state index contributed by atoms with van der Waals surface area (Å²) in [6, 6.07) is 11.4. The van der Waals surface area contributed by atoms with E-state index in [1.165, 1.54) is 6.07 Å². The van der Waals surface area contributed by atoms with Gasteiger partial charge < -0.3 is 15.5 Å². The molecule has 0 atom stereocenters. The predicted octanol–water partition coefficient (Wildman–Crippen LogP) is 4.06. The van der Waals surface area contributed by atoms with Crippen LogP contribution in [0.15, 0.2) is 42.5 Å². The first-order valence-corrected chi connectivity index (χ1v) is 10.8. The van der Waals surface area contributed by atoms with Gasteiger partial charge in [-0.2, -0.15) is 0 Å². The zero-order chi connectivity index (χ0) is 23.1. The highest BCUT2D eigenvalue weighted by Crippen LogP contribution is 2.31. The highest BCUT2D eigenvalue weighted by atomic mass is 32.1. The number of nitrogens with one attached hydrogen (secondary N) is 3. The molecule has 0 bridgehead atoms. The molecule has 0 aliphatic carbocycles. The van der Waals surface area contributed by atoms with Crippen molar-refractivity contribution in [3.05, 3.63) is 58.1 Å². The molecule has 2 aromatic carbocycles. The fourth-order valence-electron chi connectivity index (χ4n) is 3.50. The predicted molar refractivity (Wildman–Crippen MR) is 128 cm³/mol. The van der Waals surface area contributed by atoms with Crippen molar-refractivity contribution in [2.45, 2.75) is 32.6 Å². The van der Waals surface area contributed by atoms with E-state index in [0.29, 0.717) is 23.5 Å².